The van der Waals surface area contributed by atoms with Crippen molar-refractivity contribution in [1.29, 1.82) is 0 Å². The number of hydrogen-bond donors (Lipinski definition) is 1. The van der Waals surface area contributed by atoms with Crippen molar-refractivity contribution < 1.29 is 5.11 Å². The van der Waals surface area contributed by atoms with Crippen LogP contribution in [0.4, 0.5) is 0 Å². The highest BCUT2D eigenvalue weighted by Crippen LogP contribution is 2.29. The van der Waals surface area contributed by atoms with Crippen LogP contribution in [0.3, 0.4) is 0 Å². The van der Waals surface area contributed by atoms with Crippen molar-refractivity contribution in [2.45, 2.75) is 33.0 Å². The third-order valence-electron chi connectivity index (χ3n) is 4.75. The first-order chi connectivity index (χ1) is 12.1. The van der Waals surface area contributed by atoms with Crippen LogP contribution in [0, 0.1) is 13.8 Å². The molecule has 2 aromatic carbocycles. The highest BCUT2D eigenvalue weighted by molar-refractivity contribution is 9.10. The Morgan fingerprint density at radius 2 is 1.52 bits per heavy atom. The van der Waals surface area contributed by atoms with Gasteiger partial charge in [-0.25, -0.2) is 0 Å². The quantitative estimate of drug-likeness (QED) is 0.553. The van der Waals surface area contributed by atoms with E-state index in [-0.39, 0.29) is 0 Å². The zero-order valence-corrected chi connectivity index (χ0v) is 15.9. The van der Waals surface area contributed by atoms with Crippen LogP contribution in [-0.4, -0.2) is 25.6 Å². The topological polar surface area (TPSA) is 43.0 Å². The number of halogens is 1. The summed E-state index contributed by atoms with van der Waals surface area (Å²) in [7, 11) is 0. The maximum Gasteiger partial charge on any atom is 0.0914 e. The number of para-hydroxylation sites is 2. The van der Waals surface area contributed by atoms with E-state index in [4.69, 9.17) is 0 Å². The van der Waals surface area contributed by atoms with Crippen LogP contribution in [0.5, 0.6) is 0 Å². The van der Waals surface area contributed by atoms with Gasteiger partial charge in [0.25, 0.3) is 0 Å². The summed E-state index contributed by atoms with van der Waals surface area (Å²) in [6.07, 6.45) is -0.524. The summed E-state index contributed by atoms with van der Waals surface area (Å²) in [6.45, 7) is 4.98. The second kappa shape index (κ2) is 6.32. The summed E-state index contributed by atoms with van der Waals surface area (Å²) in [5.41, 5.74) is 4.29. The van der Waals surface area contributed by atoms with Gasteiger partial charge in [-0.2, -0.15) is 5.10 Å². The Hall–Kier alpha value is -2.11. The normalized spacial score (nSPS) is 13.0. The zero-order valence-electron chi connectivity index (χ0n) is 14.3. The van der Waals surface area contributed by atoms with Gasteiger partial charge in [0.05, 0.1) is 29.4 Å². The van der Waals surface area contributed by atoms with Gasteiger partial charge in [-0.1, -0.05) is 36.4 Å². The molecule has 0 aliphatic heterocycles. The Labute approximate surface area is 154 Å². The second-order valence-corrected chi connectivity index (χ2v) is 7.26. The van der Waals surface area contributed by atoms with Gasteiger partial charge in [0.1, 0.15) is 0 Å². The first kappa shape index (κ1) is 16.4. The number of benzene rings is 2. The van der Waals surface area contributed by atoms with Crippen molar-refractivity contribution in [3.63, 3.8) is 0 Å². The molecule has 0 spiro atoms. The van der Waals surface area contributed by atoms with Crippen molar-refractivity contribution in [3.8, 4) is 0 Å². The number of aromatic nitrogens is 3. The number of aliphatic hydroxyl groups excluding tert-OH is 1. The summed E-state index contributed by atoms with van der Waals surface area (Å²) in [5, 5.41) is 17.7. The monoisotopic (exact) mass is 397 g/mol. The van der Waals surface area contributed by atoms with Crippen LogP contribution in [-0.2, 0) is 13.1 Å². The molecule has 2 aromatic heterocycles. The average molecular weight is 398 g/mol. The highest BCUT2D eigenvalue weighted by Gasteiger charge is 2.16. The molecule has 0 aliphatic rings. The predicted molar refractivity (Wildman–Crippen MR) is 105 cm³/mol. The summed E-state index contributed by atoms with van der Waals surface area (Å²) < 4.78 is 5.09. The number of fused-ring (bicyclic) bond motifs is 3. The van der Waals surface area contributed by atoms with Gasteiger partial charge < -0.3 is 9.67 Å². The summed E-state index contributed by atoms with van der Waals surface area (Å²) in [5.74, 6) is 0. The van der Waals surface area contributed by atoms with Crippen molar-refractivity contribution in [3.05, 3.63) is 64.4 Å². The van der Waals surface area contributed by atoms with E-state index in [1.165, 1.54) is 10.8 Å². The van der Waals surface area contributed by atoms with E-state index in [1.54, 1.807) is 0 Å². The molecule has 0 bridgehead atoms. The SMILES string of the molecule is Cc1nn(CC(O)Cn2c3ccccc3c3ccccc32)c(C)c1Br. The summed E-state index contributed by atoms with van der Waals surface area (Å²) >= 11 is 3.55. The standard InChI is InChI=1S/C20H20BrN3O/c1-13-20(21)14(2)24(22-13)12-15(25)11-23-18-9-5-3-7-16(18)17-8-4-6-10-19(17)23/h3-10,15,25H,11-12H2,1-2H3. The third-order valence-corrected chi connectivity index (χ3v) is 5.90. The smallest absolute Gasteiger partial charge is 0.0914 e. The molecule has 0 saturated heterocycles. The second-order valence-electron chi connectivity index (χ2n) is 6.47. The molecule has 4 nitrogen and oxygen atoms in total. The van der Waals surface area contributed by atoms with E-state index in [1.807, 2.05) is 30.7 Å². The minimum atomic E-state index is -0.524. The van der Waals surface area contributed by atoms with Crippen LogP contribution < -0.4 is 0 Å². The number of aryl methyl sites for hydroxylation is 1. The molecule has 0 aliphatic carbocycles. The predicted octanol–water partition coefficient (Wildman–Crippen LogP) is 4.43. The lowest BCUT2D eigenvalue weighted by Crippen LogP contribution is -2.23. The minimum absolute atomic E-state index is 0.471. The Morgan fingerprint density at radius 3 is 2.04 bits per heavy atom. The van der Waals surface area contributed by atoms with Crippen LogP contribution in [0.1, 0.15) is 11.4 Å². The first-order valence-electron chi connectivity index (χ1n) is 8.40. The fraction of sp³-hybridized carbons (Fsp3) is 0.250. The van der Waals surface area contributed by atoms with E-state index in [9.17, 15) is 5.11 Å². The fourth-order valence-corrected chi connectivity index (χ4v) is 3.80. The molecule has 4 aromatic rings. The van der Waals surface area contributed by atoms with Crippen molar-refractivity contribution in [2.75, 3.05) is 0 Å². The van der Waals surface area contributed by atoms with E-state index < -0.39 is 6.10 Å². The number of nitrogens with zero attached hydrogens (tertiary/aromatic N) is 3. The molecule has 2 heterocycles. The molecule has 25 heavy (non-hydrogen) atoms. The highest BCUT2D eigenvalue weighted by atomic mass is 79.9. The zero-order chi connectivity index (χ0) is 17.6. The van der Waals surface area contributed by atoms with E-state index in [2.05, 4.69) is 62.0 Å². The van der Waals surface area contributed by atoms with Gasteiger partial charge in [-0.05, 0) is 41.9 Å². The number of aliphatic hydroxyl groups is 1. The average Bonchev–Trinajstić information content (AvgIpc) is 3.06. The maximum absolute atomic E-state index is 10.7. The van der Waals surface area contributed by atoms with Crippen LogP contribution >= 0.6 is 15.9 Å². The molecule has 1 N–H and O–H groups in total. The summed E-state index contributed by atoms with van der Waals surface area (Å²) in [6, 6.07) is 16.7. The molecule has 0 radical (unpaired) electrons. The molecule has 0 amide bonds. The van der Waals surface area contributed by atoms with Gasteiger partial charge in [0.2, 0.25) is 0 Å². The molecule has 5 heteroatoms. The van der Waals surface area contributed by atoms with Gasteiger partial charge in [0, 0.05) is 27.5 Å². The van der Waals surface area contributed by atoms with Gasteiger partial charge in [0.15, 0.2) is 0 Å². The Morgan fingerprint density at radius 1 is 0.960 bits per heavy atom. The van der Waals surface area contributed by atoms with Crippen molar-refractivity contribution in [2.24, 2.45) is 0 Å². The van der Waals surface area contributed by atoms with Crippen LogP contribution in [0.15, 0.2) is 53.0 Å². The van der Waals surface area contributed by atoms with Gasteiger partial charge in [-0.3, -0.25) is 4.68 Å². The molecule has 1 unspecified atom stereocenters. The molecule has 1 atom stereocenters. The Bertz CT molecular complexity index is 1010. The van der Waals surface area contributed by atoms with Crippen molar-refractivity contribution >= 4 is 37.7 Å². The van der Waals surface area contributed by atoms with Gasteiger partial charge in [-0.15, -0.1) is 0 Å². The Balaban J connectivity index is 1.71. The van der Waals surface area contributed by atoms with Crippen LogP contribution in [0.2, 0.25) is 0 Å². The molecule has 4 rings (SSSR count). The lowest BCUT2D eigenvalue weighted by atomic mass is 10.2. The minimum Gasteiger partial charge on any atom is -0.389 e. The van der Waals surface area contributed by atoms with E-state index in [0.717, 1.165) is 26.9 Å². The first-order valence-corrected chi connectivity index (χ1v) is 9.19. The molecular formula is C20H20BrN3O. The fourth-order valence-electron chi connectivity index (χ4n) is 3.52. The lowest BCUT2D eigenvalue weighted by molar-refractivity contribution is 0.132. The lowest BCUT2D eigenvalue weighted by Gasteiger charge is -2.15. The van der Waals surface area contributed by atoms with Crippen LogP contribution in [0.25, 0.3) is 21.8 Å². The largest absolute Gasteiger partial charge is 0.389 e. The molecule has 0 fully saturated rings. The molecule has 0 saturated carbocycles. The maximum atomic E-state index is 10.7. The van der Waals surface area contributed by atoms with E-state index >= 15 is 0 Å². The molecule has 128 valence electrons. The number of rotatable bonds is 4. The van der Waals surface area contributed by atoms with Gasteiger partial charge >= 0.3 is 0 Å². The van der Waals surface area contributed by atoms with Crippen molar-refractivity contribution in [1.82, 2.24) is 14.3 Å². The third kappa shape index (κ3) is 2.77. The van der Waals surface area contributed by atoms with E-state index in [0.29, 0.717) is 13.1 Å². The number of hydrogen-bond acceptors (Lipinski definition) is 2. The molecular weight excluding hydrogens is 378 g/mol. The summed E-state index contributed by atoms with van der Waals surface area (Å²) in [4.78, 5) is 0. The Kier molecular flexibility index (Phi) is 4.13.